The molecular weight excluding hydrogens is 256 g/mol. The van der Waals surface area contributed by atoms with Gasteiger partial charge in [0.2, 0.25) is 0 Å². The highest BCUT2D eigenvalue weighted by Gasteiger charge is 2.13. The molecule has 0 aliphatic heterocycles. The van der Waals surface area contributed by atoms with E-state index in [1.54, 1.807) is 18.2 Å². The van der Waals surface area contributed by atoms with E-state index in [9.17, 15) is 4.79 Å². The summed E-state index contributed by atoms with van der Waals surface area (Å²) in [5, 5.41) is 2.94. The molecule has 0 saturated carbocycles. The molecule has 3 N–H and O–H groups in total. The van der Waals surface area contributed by atoms with Crippen molar-refractivity contribution >= 4 is 28.9 Å². The van der Waals surface area contributed by atoms with Crippen molar-refractivity contribution in [3.8, 4) is 5.75 Å². The van der Waals surface area contributed by atoms with Crippen LogP contribution in [0.3, 0.4) is 0 Å². The number of amides is 1. The summed E-state index contributed by atoms with van der Waals surface area (Å²) in [6, 6.07) is 6.24. The summed E-state index contributed by atoms with van der Waals surface area (Å²) in [5.74, 6) is 0.240. The summed E-state index contributed by atoms with van der Waals surface area (Å²) in [7, 11) is 1.48. The van der Waals surface area contributed by atoms with Gasteiger partial charge in [0.1, 0.15) is 5.75 Å². The maximum absolute atomic E-state index is 11.8. The molecule has 1 heterocycles. The average Bonchev–Trinajstić information content (AvgIpc) is 2.86. The zero-order valence-corrected chi connectivity index (χ0v) is 10.3. The molecule has 6 heteroatoms. The molecule has 0 atom stereocenters. The zero-order valence-electron chi connectivity index (χ0n) is 9.57. The van der Waals surface area contributed by atoms with E-state index in [1.165, 1.54) is 19.4 Å². The summed E-state index contributed by atoms with van der Waals surface area (Å²) in [6.07, 6.45) is 1.42. The van der Waals surface area contributed by atoms with Gasteiger partial charge in [-0.25, -0.2) is 0 Å². The molecule has 0 radical (unpaired) electrons. The monoisotopic (exact) mass is 266 g/mol. The van der Waals surface area contributed by atoms with Crippen molar-refractivity contribution in [2.24, 2.45) is 0 Å². The largest absolute Gasteiger partial charge is 0.495 e. The Labute approximate surface area is 108 Å². The number of carbonyl (C=O) groups is 1. The molecule has 0 saturated heterocycles. The molecule has 0 bridgehead atoms. The average molecular weight is 267 g/mol. The van der Waals surface area contributed by atoms with Gasteiger partial charge in [-0.1, -0.05) is 11.6 Å². The fraction of sp³-hybridized carbons (Fsp3) is 0.0833. The fourth-order valence-corrected chi connectivity index (χ4v) is 1.65. The molecule has 18 heavy (non-hydrogen) atoms. The number of benzene rings is 1. The van der Waals surface area contributed by atoms with Crippen molar-refractivity contribution in [2.45, 2.75) is 0 Å². The summed E-state index contributed by atoms with van der Waals surface area (Å²) >= 11 is 5.98. The van der Waals surface area contributed by atoms with Gasteiger partial charge in [0.05, 0.1) is 29.8 Å². The Morgan fingerprint density at radius 2 is 2.28 bits per heavy atom. The van der Waals surface area contributed by atoms with Crippen LogP contribution in [0.4, 0.5) is 11.4 Å². The zero-order chi connectivity index (χ0) is 13.1. The van der Waals surface area contributed by atoms with Crippen molar-refractivity contribution in [1.29, 1.82) is 0 Å². The van der Waals surface area contributed by atoms with Gasteiger partial charge in [0.25, 0.3) is 5.91 Å². The Hall–Kier alpha value is -2.14. The van der Waals surface area contributed by atoms with Crippen LogP contribution < -0.4 is 15.8 Å². The SMILES string of the molecule is COc1cc(NC(=O)c2ccco2)c(Cl)cc1N. The first-order chi connectivity index (χ1) is 8.61. The Morgan fingerprint density at radius 3 is 2.89 bits per heavy atom. The van der Waals surface area contributed by atoms with Crippen LogP contribution in [0.1, 0.15) is 10.6 Å². The standard InChI is InChI=1S/C12H11ClN2O3/c1-17-11-6-9(7(13)5-8(11)14)15-12(16)10-3-2-4-18-10/h2-6H,14H2,1H3,(H,15,16). The molecule has 0 fully saturated rings. The molecule has 1 amide bonds. The molecule has 94 valence electrons. The van der Waals surface area contributed by atoms with Gasteiger partial charge in [-0.15, -0.1) is 0 Å². The second kappa shape index (κ2) is 5.01. The minimum atomic E-state index is -0.395. The molecule has 1 aromatic heterocycles. The van der Waals surface area contributed by atoms with Crippen LogP contribution in [-0.2, 0) is 0 Å². The van der Waals surface area contributed by atoms with Gasteiger partial charge in [-0.3, -0.25) is 4.79 Å². The molecule has 0 unspecified atom stereocenters. The second-order valence-electron chi connectivity index (χ2n) is 3.51. The van der Waals surface area contributed by atoms with E-state index in [4.69, 9.17) is 26.5 Å². The second-order valence-corrected chi connectivity index (χ2v) is 3.91. The summed E-state index contributed by atoms with van der Waals surface area (Å²) in [5.41, 5.74) is 6.49. The first kappa shape index (κ1) is 12.3. The Kier molecular flexibility index (Phi) is 3.43. The molecule has 0 spiro atoms. The summed E-state index contributed by atoms with van der Waals surface area (Å²) < 4.78 is 10.0. The number of nitrogens with two attached hydrogens (primary N) is 1. The van der Waals surface area contributed by atoms with E-state index >= 15 is 0 Å². The van der Waals surface area contributed by atoms with Crippen LogP contribution in [0.15, 0.2) is 34.9 Å². The summed E-state index contributed by atoms with van der Waals surface area (Å²) in [6.45, 7) is 0. The number of rotatable bonds is 3. The lowest BCUT2D eigenvalue weighted by molar-refractivity contribution is 0.0996. The number of hydrogen-bond donors (Lipinski definition) is 2. The van der Waals surface area contributed by atoms with E-state index in [0.717, 1.165) is 0 Å². The van der Waals surface area contributed by atoms with Crippen molar-refractivity contribution < 1.29 is 13.9 Å². The highest BCUT2D eigenvalue weighted by molar-refractivity contribution is 6.34. The molecule has 2 rings (SSSR count). The molecule has 0 aliphatic carbocycles. The molecule has 0 aliphatic rings. The minimum absolute atomic E-state index is 0.196. The van der Waals surface area contributed by atoms with Gasteiger partial charge in [0.15, 0.2) is 5.76 Å². The topological polar surface area (TPSA) is 77.5 Å². The number of nitrogen functional groups attached to an aromatic ring is 1. The maximum atomic E-state index is 11.8. The third-order valence-electron chi connectivity index (χ3n) is 2.31. The Bertz CT molecular complexity index is 567. The van der Waals surface area contributed by atoms with Crippen LogP contribution >= 0.6 is 11.6 Å². The summed E-state index contributed by atoms with van der Waals surface area (Å²) in [4.78, 5) is 11.8. The quantitative estimate of drug-likeness (QED) is 0.838. The number of methoxy groups -OCH3 is 1. The predicted octanol–water partition coefficient (Wildman–Crippen LogP) is 2.78. The Morgan fingerprint density at radius 1 is 1.50 bits per heavy atom. The van der Waals surface area contributed by atoms with E-state index in [1.807, 2.05) is 0 Å². The van der Waals surface area contributed by atoms with Crippen molar-refractivity contribution in [3.05, 3.63) is 41.3 Å². The van der Waals surface area contributed by atoms with Gasteiger partial charge >= 0.3 is 0 Å². The van der Waals surface area contributed by atoms with Crippen molar-refractivity contribution in [3.63, 3.8) is 0 Å². The third-order valence-corrected chi connectivity index (χ3v) is 2.63. The molecule has 5 nitrogen and oxygen atoms in total. The lowest BCUT2D eigenvalue weighted by atomic mass is 10.2. The molecular formula is C12H11ClN2O3. The van der Waals surface area contributed by atoms with Crippen LogP contribution in [0.5, 0.6) is 5.75 Å². The number of halogens is 1. The third kappa shape index (κ3) is 2.41. The van der Waals surface area contributed by atoms with Crippen LogP contribution in [0.2, 0.25) is 5.02 Å². The van der Waals surface area contributed by atoms with Gasteiger partial charge in [-0.05, 0) is 18.2 Å². The van der Waals surface area contributed by atoms with Crippen molar-refractivity contribution in [2.75, 3.05) is 18.2 Å². The van der Waals surface area contributed by atoms with Crippen LogP contribution in [0.25, 0.3) is 0 Å². The van der Waals surface area contributed by atoms with E-state index in [-0.39, 0.29) is 5.76 Å². The highest BCUT2D eigenvalue weighted by atomic mass is 35.5. The number of anilines is 2. The molecule has 2 aromatic rings. The first-order valence-corrected chi connectivity index (χ1v) is 5.47. The molecule has 1 aromatic carbocycles. The van der Waals surface area contributed by atoms with Crippen LogP contribution in [0, 0.1) is 0 Å². The Balaban J connectivity index is 2.26. The smallest absolute Gasteiger partial charge is 0.291 e. The maximum Gasteiger partial charge on any atom is 0.291 e. The van der Waals surface area contributed by atoms with Gasteiger partial charge < -0.3 is 20.2 Å². The van der Waals surface area contributed by atoms with Gasteiger partial charge in [-0.2, -0.15) is 0 Å². The number of nitrogens with one attached hydrogen (secondary N) is 1. The van der Waals surface area contributed by atoms with E-state index in [2.05, 4.69) is 5.32 Å². The highest BCUT2D eigenvalue weighted by Crippen LogP contribution is 2.32. The van der Waals surface area contributed by atoms with Gasteiger partial charge in [0, 0.05) is 6.07 Å². The number of furan rings is 1. The fourth-order valence-electron chi connectivity index (χ4n) is 1.43. The first-order valence-electron chi connectivity index (χ1n) is 5.09. The number of ether oxygens (including phenoxy) is 1. The van der Waals surface area contributed by atoms with Crippen LogP contribution in [-0.4, -0.2) is 13.0 Å². The number of carbonyl (C=O) groups excluding carboxylic acids is 1. The minimum Gasteiger partial charge on any atom is -0.495 e. The normalized spacial score (nSPS) is 10.1. The van der Waals surface area contributed by atoms with Crippen molar-refractivity contribution in [1.82, 2.24) is 0 Å². The number of hydrogen-bond acceptors (Lipinski definition) is 4. The van der Waals surface area contributed by atoms with E-state index < -0.39 is 5.91 Å². The lowest BCUT2D eigenvalue weighted by Crippen LogP contribution is -2.11. The van der Waals surface area contributed by atoms with E-state index in [0.29, 0.717) is 22.1 Å². The predicted molar refractivity (Wildman–Crippen MR) is 69.1 cm³/mol. The lowest BCUT2D eigenvalue weighted by Gasteiger charge is -2.10.